The maximum atomic E-state index is 12.3. The molecule has 0 aliphatic heterocycles. The molecular formula is C22H20N4O3. The quantitative estimate of drug-likeness (QED) is 0.542. The number of carbonyl (C=O) groups is 3. The Morgan fingerprint density at radius 3 is 2.03 bits per heavy atom. The molecule has 0 spiro atoms. The topological polar surface area (TPSA) is 100 Å². The molecule has 29 heavy (non-hydrogen) atoms. The smallest absolute Gasteiger partial charge is 0.257 e. The number of anilines is 1. The van der Waals surface area contributed by atoms with Gasteiger partial charge in [0, 0.05) is 42.3 Å². The standard InChI is InChI=1S/C22H20N4O3/c27-20(16-6-2-1-3-7-16)24-12-13-25-21(28)17-8-4-10-19(14-17)26-22(29)18-9-5-11-23-15-18/h1-11,14-15H,12-13H2,(H,24,27)(H,25,28)(H,26,29). The number of nitrogens with zero attached hydrogens (tertiary/aromatic N) is 1. The second kappa shape index (κ2) is 9.80. The van der Waals surface area contributed by atoms with Crippen LogP contribution in [0.1, 0.15) is 31.1 Å². The Balaban J connectivity index is 1.49. The van der Waals surface area contributed by atoms with Crippen LogP contribution >= 0.6 is 0 Å². The molecule has 0 bridgehead atoms. The van der Waals surface area contributed by atoms with Gasteiger partial charge in [0.15, 0.2) is 0 Å². The molecule has 0 radical (unpaired) electrons. The number of aromatic nitrogens is 1. The summed E-state index contributed by atoms with van der Waals surface area (Å²) in [5, 5.41) is 8.22. The number of amides is 3. The average molecular weight is 388 g/mol. The Hall–Kier alpha value is -4.00. The minimum atomic E-state index is -0.306. The van der Waals surface area contributed by atoms with Crippen LogP contribution in [0.15, 0.2) is 79.1 Å². The van der Waals surface area contributed by atoms with Crippen LogP contribution in [0.2, 0.25) is 0 Å². The van der Waals surface area contributed by atoms with E-state index in [0.717, 1.165) is 0 Å². The third kappa shape index (κ3) is 5.74. The molecule has 2 aromatic carbocycles. The first-order chi connectivity index (χ1) is 14.1. The summed E-state index contributed by atoms with van der Waals surface area (Å²) in [6, 6.07) is 18.8. The molecular weight excluding hydrogens is 368 g/mol. The SMILES string of the molecule is O=C(NCCNC(=O)c1cccc(NC(=O)c2cccnc2)c1)c1ccccc1. The Kier molecular flexibility index (Phi) is 6.67. The summed E-state index contributed by atoms with van der Waals surface area (Å²) in [4.78, 5) is 40.4. The van der Waals surface area contributed by atoms with E-state index >= 15 is 0 Å². The zero-order valence-corrected chi connectivity index (χ0v) is 15.6. The predicted molar refractivity (Wildman–Crippen MR) is 110 cm³/mol. The van der Waals surface area contributed by atoms with Crippen molar-refractivity contribution in [2.45, 2.75) is 0 Å². The van der Waals surface area contributed by atoms with Gasteiger partial charge in [0.05, 0.1) is 5.56 Å². The van der Waals surface area contributed by atoms with Gasteiger partial charge < -0.3 is 16.0 Å². The molecule has 0 saturated heterocycles. The van der Waals surface area contributed by atoms with Crippen molar-refractivity contribution in [1.29, 1.82) is 0 Å². The number of nitrogens with one attached hydrogen (secondary N) is 3. The van der Waals surface area contributed by atoms with E-state index in [-0.39, 0.29) is 24.3 Å². The summed E-state index contributed by atoms with van der Waals surface area (Å²) >= 11 is 0. The zero-order chi connectivity index (χ0) is 20.5. The molecule has 1 aromatic heterocycles. The van der Waals surface area contributed by atoms with Crippen LogP contribution in [0.25, 0.3) is 0 Å². The first-order valence-corrected chi connectivity index (χ1v) is 9.06. The van der Waals surface area contributed by atoms with Crippen molar-refractivity contribution < 1.29 is 14.4 Å². The molecule has 0 fully saturated rings. The van der Waals surface area contributed by atoms with Gasteiger partial charge in [-0.15, -0.1) is 0 Å². The zero-order valence-electron chi connectivity index (χ0n) is 15.6. The summed E-state index contributed by atoms with van der Waals surface area (Å²) in [5.74, 6) is -0.796. The lowest BCUT2D eigenvalue weighted by Crippen LogP contribution is -2.34. The molecule has 0 aliphatic rings. The highest BCUT2D eigenvalue weighted by Crippen LogP contribution is 2.12. The van der Waals surface area contributed by atoms with E-state index in [1.807, 2.05) is 6.07 Å². The number of rotatable bonds is 7. The fraction of sp³-hybridized carbons (Fsp3) is 0.0909. The van der Waals surface area contributed by atoms with Crippen molar-refractivity contribution in [3.8, 4) is 0 Å². The summed E-state index contributed by atoms with van der Waals surface area (Å²) in [7, 11) is 0. The van der Waals surface area contributed by atoms with Crippen molar-refractivity contribution in [2.75, 3.05) is 18.4 Å². The van der Waals surface area contributed by atoms with Gasteiger partial charge in [-0.25, -0.2) is 0 Å². The molecule has 3 N–H and O–H groups in total. The van der Waals surface area contributed by atoms with Gasteiger partial charge in [0.1, 0.15) is 0 Å². The molecule has 7 nitrogen and oxygen atoms in total. The van der Waals surface area contributed by atoms with Gasteiger partial charge >= 0.3 is 0 Å². The fourth-order valence-corrected chi connectivity index (χ4v) is 2.58. The van der Waals surface area contributed by atoms with Crippen LogP contribution in [0, 0.1) is 0 Å². The molecule has 3 rings (SSSR count). The molecule has 0 atom stereocenters. The Morgan fingerprint density at radius 2 is 1.34 bits per heavy atom. The summed E-state index contributed by atoms with van der Waals surface area (Å²) in [6.07, 6.45) is 3.06. The van der Waals surface area contributed by atoms with Gasteiger partial charge in [0.2, 0.25) is 0 Å². The molecule has 1 heterocycles. The van der Waals surface area contributed by atoms with Crippen LogP contribution < -0.4 is 16.0 Å². The van der Waals surface area contributed by atoms with Crippen molar-refractivity contribution in [3.63, 3.8) is 0 Å². The van der Waals surface area contributed by atoms with Gasteiger partial charge in [-0.05, 0) is 42.5 Å². The summed E-state index contributed by atoms with van der Waals surface area (Å²) in [6.45, 7) is 0.584. The summed E-state index contributed by atoms with van der Waals surface area (Å²) in [5.41, 5.74) is 1.90. The number of hydrogen-bond donors (Lipinski definition) is 3. The second-order valence-electron chi connectivity index (χ2n) is 6.15. The molecule has 3 aromatic rings. The Labute approximate surface area is 168 Å². The number of benzene rings is 2. The molecule has 146 valence electrons. The monoisotopic (exact) mass is 388 g/mol. The highest BCUT2D eigenvalue weighted by Gasteiger charge is 2.09. The van der Waals surface area contributed by atoms with Gasteiger partial charge in [-0.1, -0.05) is 24.3 Å². The Bertz CT molecular complexity index is 991. The van der Waals surface area contributed by atoms with E-state index in [1.54, 1.807) is 66.9 Å². The maximum absolute atomic E-state index is 12.3. The second-order valence-corrected chi connectivity index (χ2v) is 6.15. The molecule has 3 amide bonds. The fourth-order valence-electron chi connectivity index (χ4n) is 2.58. The minimum absolute atomic E-state index is 0.194. The van der Waals surface area contributed by atoms with Gasteiger partial charge in [-0.3, -0.25) is 19.4 Å². The number of pyridine rings is 1. The van der Waals surface area contributed by atoms with E-state index in [4.69, 9.17) is 0 Å². The highest BCUT2D eigenvalue weighted by atomic mass is 16.2. The van der Waals surface area contributed by atoms with E-state index < -0.39 is 0 Å². The molecule has 0 saturated carbocycles. The van der Waals surface area contributed by atoms with Gasteiger partial charge in [-0.2, -0.15) is 0 Å². The summed E-state index contributed by atoms with van der Waals surface area (Å²) < 4.78 is 0. The molecule has 0 aliphatic carbocycles. The Morgan fingerprint density at radius 1 is 0.690 bits per heavy atom. The van der Waals surface area contributed by atoms with E-state index in [9.17, 15) is 14.4 Å². The van der Waals surface area contributed by atoms with Crippen LogP contribution in [0.3, 0.4) is 0 Å². The normalized spacial score (nSPS) is 10.1. The van der Waals surface area contributed by atoms with E-state index in [2.05, 4.69) is 20.9 Å². The van der Waals surface area contributed by atoms with Crippen molar-refractivity contribution in [1.82, 2.24) is 15.6 Å². The first-order valence-electron chi connectivity index (χ1n) is 9.06. The predicted octanol–water partition coefficient (Wildman–Crippen LogP) is 2.49. The van der Waals surface area contributed by atoms with Crippen LogP contribution in [-0.2, 0) is 0 Å². The van der Waals surface area contributed by atoms with Crippen molar-refractivity contribution in [3.05, 3.63) is 95.8 Å². The van der Waals surface area contributed by atoms with E-state index in [1.165, 1.54) is 6.20 Å². The van der Waals surface area contributed by atoms with Crippen molar-refractivity contribution >= 4 is 23.4 Å². The lowest BCUT2D eigenvalue weighted by atomic mass is 10.1. The van der Waals surface area contributed by atoms with E-state index in [0.29, 0.717) is 28.9 Å². The molecule has 0 unspecified atom stereocenters. The van der Waals surface area contributed by atoms with Crippen LogP contribution in [0.4, 0.5) is 5.69 Å². The lowest BCUT2D eigenvalue weighted by molar-refractivity contribution is 0.0927. The van der Waals surface area contributed by atoms with Crippen molar-refractivity contribution in [2.24, 2.45) is 0 Å². The lowest BCUT2D eigenvalue weighted by Gasteiger charge is -2.09. The number of hydrogen-bond acceptors (Lipinski definition) is 4. The highest BCUT2D eigenvalue weighted by molar-refractivity contribution is 6.05. The van der Waals surface area contributed by atoms with Gasteiger partial charge in [0.25, 0.3) is 17.7 Å². The molecule has 7 heteroatoms. The minimum Gasteiger partial charge on any atom is -0.350 e. The average Bonchev–Trinajstić information content (AvgIpc) is 2.77. The van der Waals surface area contributed by atoms with Crippen LogP contribution in [0.5, 0.6) is 0 Å². The van der Waals surface area contributed by atoms with Crippen LogP contribution in [-0.4, -0.2) is 35.8 Å². The number of carbonyl (C=O) groups excluding carboxylic acids is 3. The third-order valence-electron chi connectivity index (χ3n) is 4.04. The third-order valence-corrected chi connectivity index (χ3v) is 4.04. The largest absolute Gasteiger partial charge is 0.350 e. The maximum Gasteiger partial charge on any atom is 0.257 e. The first kappa shape index (κ1) is 19.8.